The molecular weight excluding hydrogens is 292 g/mol. The number of hydrogen-bond donors (Lipinski definition) is 0. The maximum absolute atomic E-state index is 11.1. The molecule has 0 radical (unpaired) electrons. The van der Waals surface area contributed by atoms with Gasteiger partial charge in [-0.1, -0.05) is 52.2 Å². The minimum atomic E-state index is 0.305. The SMILES string of the molecule is CC(=O)CC/C=C(/C)CC[C@H]1[C@H](C)CC[C@H]2C(C)(C)CCC[C@@]12C. The standard InChI is InChI=1S/C23H40O/c1-17(9-7-10-19(3)24)11-13-20-18(2)12-14-21-22(4,5)15-8-16-23(20,21)6/h9,18,20-21H,7-8,10-16H2,1-6H3/b17-9-/t18-,20+,21+,23+/m1/s1. The second-order valence-electron chi connectivity index (χ2n) is 9.89. The smallest absolute Gasteiger partial charge is 0.130 e. The van der Waals surface area contributed by atoms with Crippen LogP contribution in [0.1, 0.15) is 99.3 Å². The summed E-state index contributed by atoms with van der Waals surface area (Å²) in [5.74, 6) is 2.94. The molecule has 0 unspecified atom stereocenters. The van der Waals surface area contributed by atoms with Crippen molar-refractivity contribution >= 4 is 5.78 Å². The van der Waals surface area contributed by atoms with Gasteiger partial charge in [-0.2, -0.15) is 0 Å². The second-order valence-corrected chi connectivity index (χ2v) is 9.89. The van der Waals surface area contributed by atoms with Crippen LogP contribution in [0.15, 0.2) is 11.6 Å². The Kier molecular flexibility index (Phi) is 6.37. The van der Waals surface area contributed by atoms with Crippen molar-refractivity contribution in [2.24, 2.45) is 28.6 Å². The van der Waals surface area contributed by atoms with Gasteiger partial charge in [-0.15, -0.1) is 0 Å². The normalized spacial score (nSPS) is 36.2. The van der Waals surface area contributed by atoms with E-state index in [-0.39, 0.29) is 0 Å². The molecule has 0 aromatic rings. The van der Waals surface area contributed by atoms with Gasteiger partial charge in [0.15, 0.2) is 0 Å². The fraction of sp³-hybridized carbons (Fsp3) is 0.870. The molecule has 0 heterocycles. The lowest BCUT2D eigenvalue weighted by atomic mass is 9.46. The lowest BCUT2D eigenvalue weighted by Gasteiger charge is -2.59. The summed E-state index contributed by atoms with van der Waals surface area (Å²) >= 11 is 0. The van der Waals surface area contributed by atoms with Gasteiger partial charge in [0.05, 0.1) is 0 Å². The number of carbonyl (C=O) groups excluding carboxylic acids is 1. The molecule has 2 fully saturated rings. The first-order valence-corrected chi connectivity index (χ1v) is 10.3. The number of allylic oxidation sites excluding steroid dienone is 2. The lowest BCUT2D eigenvalue weighted by Crippen LogP contribution is -2.51. The molecule has 138 valence electrons. The summed E-state index contributed by atoms with van der Waals surface area (Å²) in [6, 6.07) is 0. The van der Waals surface area contributed by atoms with Crippen LogP contribution in [0.2, 0.25) is 0 Å². The van der Waals surface area contributed by atoms with Gasteiger partial charge in [0.2, 0.25) is 0 Å². The Morgan fingerprint density at radius 1 is 1.08 bits per heavy atom. The van der Waals surface area contributed by atoms with Crippen LogP contribution < -0.4 is 0 Å². The Bertz CT molecular complexity index is 472. The summed E-state index contributed by atoms with van der Waals surface area (Å²) in [5.41, 5.74) is 2.56. The zero-order chi connectivity index (χ0) is 18.0. The van der Waals surface area contributed by atoms with Gasteiger partial charge in [-0.25, -0.2) is 0 Å². The molecule has 0 bridgehead atoms. The summed E-state index contributed by atoms with van der Waals surface area (Å²) in [5, 5.41) is 0. The number of carbonyl (C=O) groups is 1. The Labute approximate surface area is 150 Å². The molecule has 0 spiro atoms. The minimum absolute atomic E-state index is 0.305. The van der Waals surface area contributed by atoms with Crippen molar-refractivity contribution in [3.05, 3.63) is 11.6 Å². The molecule has 24 heavy (non-hydrogen) atoms. The molecule has 2 saturated carbocycles. The van der Waals surface area contributed by atoms with Gasteiger partial charge in [0, 0.05) is 6.42 Å². The van der Waals surface area contributed by atoms with Crippen LogP contribution in [0.4, 0.5) is 0 Å². The Morgan fingerprint density at radius 3 is 2.46 bits per heavy atom. The van der Waals surface area contributed by atoms with E-state index in [1.54, 1.807) is 6.92 Å². The number of ketones is 1. The lowest BCUT2D eigenvalue weighted by molar-refractivity contribution is -0.116. The van der Waals surface area contributed by atoms with Crippen LogP contribution in [-0.2, 0) is 4.79 Å². The van der Waals surface area contributed by atoms with Crippen LogP contribution in [0, 0.1) is 28.6 Å². The molecular formula is C23H40O. The van der Waals surface area contributed by atoms with Crippen LogP contribution in [0.25, 0.3) is 0 Å². The van der Waals surface area contributed by atoms with E-state index < -0.39 is 0 Å². The Morgan fingerprint density at radius 2 is 1.79 bits per heavy atom. The van der Waals surface area contributed by atoms with Gasteiger partial charge in [-0.05, 0) is 81.0 Å². The van der Waals surface area contributed by atoms with Gasteiger partial charge in [0.25, 0.3) is 0 Å². The minimum Gasteiger partial charge on any atom is -0.300 e. The molecule has 1 heteroatoms. The number of hydrogen-bond acceptors (Lipinski definition) is 1. The molecule has 1 nitrogen and oxygen atoms in total. The maximum atomic E-state index is 11.1. The zero-order valence-electron chi connectivity index (χ0n) is 17.1. The van der Waals surface area contributed by atoms with Crippen molar-refractivity contribution in [1.82, 2.24) is 0 Å². The molecule has 0 aliphatic heterocycles. The first kappa shape index (κ1) is 19.7. The largest absolute Gasteiger partial charge is 0.300 e. The van der Waals surface area contributed by atoms with Crippen LogP contribution in [0.3, 0.4) is 0 Å². The molecule has 0 amide bonds. The molecule has 0 saturated heterocycles. The number of Topliss-reactive ketones (excluding diaryl/α,β-unsaturated/α-hetero) is 1. The highest BCUT2D eigenvalue weighted by Crippen LogP contribution is 2.62. The monoisotopic (exact) mass is 332 g/mol. The van der Waals surface area contributed by atoms with Crippen LogP contribution in [-0.4, -0.2) is 5.78 Å². The average molecular weight is 333 g/mol. The molecule has 2 aliphatic rings. The van der Waals surface area contributed by atoms with E-state index in [2.05, 4.69) is 40.7 Å². The zero-order valence-corrected chi connectivity index (χ0v) is 17.1. The topological polar surface area (TPSA) is 17.1 Å². The third-order valence-corrected chi connectivity index (χ3v) is 7.56. The van der Waals surface area contributed by atoms with Crippen molar-refractivity contribution in [2.75, 3.05) is 0 Å². The third-order valence-electron chi connectivity index (χ3n) is 7.56. The predicted octanol–water partition coefficient (Wildman–Crippen LogP) is 6.96. The van der Waals surface area contributed by atoms with E-state index in [9.17, 15) is 4.79 Å². The van der Waals surface area contributed by atoms with Crippen LogP contribution in [0.5, 0.6) is 0 Å². The third kappa shape index (κ3) is 4.33. The number of rotatable bonds is 6. The van der Waals surface area contributed by atoms with Crippen molar-refractivity contribution in [3.8, 4) is 0 Å². The van der Waals surface area contributed by atoms with Crippen molar-refractivity contribution < 1.29 is 4.79 Å². The number of fused-ring (bicyclic) bond motifs is 1. The molecule has 4 atom stereocenters. The Hall–Kier alpha value is -0.590. The van der Waals surface area contributed by atoms with E-state index in [1.165, 1.54) is 50.5 Å². The summed E-state index contributed by atoms with van der Waals surface area (Å²) in [4.78, 5) is 11.1. The van der Waals surface area contributed by atoms with Crippen molar-refractivity contribution in [3.63, 3.8) is 0 Å². The summed E-state index contributed by atoms with van der Waals surface area (Å²) in [6.45, 7) is 14.1. The highest BCUT2D eigenvalue weighted by atomic mass is 16.1. The predicted molar refractivity (Wildman–Crippen MR) is 104 cm³/mol. The average Bonchev–Trinajstić information content (AvgIpc) is 2.45. The van der Waals surface area contributed by atoms with Crippen molar-refractivity contribution in [2.45, 2.75) is 99.3 Å². The molecule has 0 aromatic heterocycles. The van der Waals surface area contributed by atoms with Crippen molar-refractivity contribution in [1.29, 1.82) is 0 Å². The van der Waals surface area contributed by atoms with Crippen LogP contribution >= 0.6 is 0 Å². The maximum Gasteiger partial charge on any atom is 0.130 e. The second kappa shape index (κ2) is 7.75. The fourth-order valence-electron chi connectivity index (χ4n) is 6.23. The van der Waals surface area contributed by atoms with Gasteiger partial charge in [0.1, 0.15) is 5.78 Å². The first-order valence-electron chi connectivity index (χ1n) is 10.3. The molecule has 2 rings (SSSR count). The summed E-state index contributed by atoms with van der Waals surface area (Å²) < 4.78 is 0. The fourth-order valence-corrected chi connectivity index (χ4v) is 6.23. The van der Waals surface area contributed by atoms with E-state index >= 15 is 0 Å². The van der Waals surface area contributed by atoms with E-state index in [0.29, 0.717) is 23.0 Å². The van der Waals surface area contributed by atoms with E-state index in [4.69, 9.17) is 0 Å². The van der Waals surface area contributed by atoms with Gasteiger partial charge in [-0.3, -0.25) is 0 Å². The summed E-state index contributed by atoms with van der Waals surface area (Å²) in [7, 11) is 0. The molecule has 2 aliphatic carbocycles. The Balaban J connectivity index is 2.03. The van der Waals surface area contributed by atoms with E-state index in [1.807, 2.05) is 0 Å². The highest BCUT2D eigenvalue weighted by molar-refractivity contribution is 5.75. The quantitative estimate of drug-likeness (QED) is 0.480. The van der Waals surface area contributed by atoms with Gasteiger partial charge >= 0.3 is 0 Å². The first-order chi connectivity index (χ1) is 11.2. The highest BCUT2D eigenvalue weighted by Gasteiger charge is 2.53. The van der Waals surface area contributed by atoms with E-state index in [0.717, 1.165) is 24.2 Å². The molecule has 0 N–H and O–H groups in total. The summed E-state index contributed by atoms with van der Waals surface area (Å²) in [6.07, 6.45) is 13.6. The van der Waals surface area contributed by atoms with Gasteiger partial charge < -0.3 is 4.79 Å². The molecule has 0 aromatic carbocycles.